The van der Waals surface area contributed by atoms with Crippen LogP contribution in [0.15, 0.2) is 51.7 Å². The summed E-state index contributed by atoms with van der Waals surface area (Å²) in [4.78, 5) is 24.1. The highest BCUT2D eigenvalue weighted by molar-refractivity contribution is 5.96. The number of halogens is 1. The van der Waals surface area contributed by atoms with Crippen LogP contribution in [0.4, 0.5) is 4.39 Å². The Morgan fingerprint density at radius 1 is 1.24 bits per heavy atom. The van der Waals surface area contributed by atoms with E-state index < -0.39 is 5.76 Å². The Bertz CT molecular complexity index is 892. The van der Waals surface area contributed by atoms with Crippen molar-refractivity contribution in [3.63, 3.8) is 0 Å². The summed E-state index contributed by atoms with van der Waals surface area (Å²) in [6.45, 7) is 1.45. The summed E-state index contributed by atoms with van der Waals surface area (Å²) in [7, 11) is 0. The molecule has 106 valence electrons. The van der Waals surface area contributed by atoms with E-state index in [1.165, 1.54) is 22.8 Å². The molecule has 2 aromatic carbocycles. The molecule has 0 fully saturated rings. The maximum atomic E-state index is 13.2. The fourth-order valence-electron chi connectivity index (χ4n) is 2.22. The van der Waals surface area contributed by atoms with Crippen LogP contribution in [-0.2, 0) is 6.54 Å². The van der Waals surface area contributed by atoms with Gasteiger partial charge >= 0.3 is 5.76 Å². The van der Waals surface area contributed by atoms with Crippen molar-refractivity contribution in [3.05, 3.63) is 70.0 Å². The van der Waals surface area contributed by atoms with Crippen molar-refractivity contribution in [2.24, 2.45) is 0 Å². The van der Waals surface area contributed by atoms with Crippen molar-refractivity contribution in [2.75, 3.05) is 0 Å². The fourth-order valence-corrected chi connectivity index (χ4v) is 2.22. The van der Waals surface area contributed by atoms with E-state index in [1.54, 1.807) is 31.2 Å². The number of hydrogen-bond donors (Lipinski definition) is 0. The molecule has 0 spiro atoms. The SMILES string of the molecule is Cc1cc(C(=O)Cn2c(=O)oc3ccccc32)ccc1F. The van der Waals surface area contributed by atoms with E-state index in [0.717, 1.165) is 0 Å². The first-order valence-corrected chi connectivity index (χ1v) is 6.44. The summed E-state index contributed by atoms with van der Waals surface area (Å²) < 4.78 is 19.6. The molecule has 21 heavy (non-hydrogen) atoms. The van der Waals surface area contributed by atoms with E-state index in [-0.39, 0.29) is 18.1 Å². The van der Waals surface area contributed by atoms with Crippen molar-refractivity contribution in [1.29, 1.82) is 0 Å². The number of aromatic nitrogens is 1. The third-order valence-electron chi connectivity index (χ3n) is 3.36. The molecule has 0 aliphatic carbocycles. The van der Waals surface area contributed by atoms with Gasteiger partial charge in [0.25, 0.3) is 0 Å². The molecule has 0 aliphatic heterocycles. The van der Waals surface area contributed by atoms with Gasteiger partial charge in [-0.2, -0.15) is 0 Å². The van der Waals surface area contributed by atoms with Gasteiger partial charge in [-0.3, -0.25) is 9.36 Å². The van der Waals surface area contributed by atoms with Crippen LogP contribution in [-0.4, -0.2) is 10.4 Å². The van der Waals surface area contributed by atoms with Crippen molar-refractivity contribution in [1.82, 2.24) is 4.57 Å². The Morgan fingerprint density at radius 3 is 2.76 bits per heavy atom. The second-order valence-electron chi connectivity index (χ2n) is 4.81. The molecule has 0 saturated heterocycles. The largest absolute Gasteiger partial charge is 0.420 e. The quantitative estimate of drug-likeness (QED) is 0.695. The van der Waals surface area contributed by atoms with Crippen LogP contribution in [0.2, 0.25) is 0 Å². The van der Waals surface area contributed by atoms with Crippen LogP contribution in [0, 0.1) is 12.7 Å². The molecule has 0 radical (unpaired) electrons. The van der Waals surface area contributed by atoms with Crippen LogP contribution in [0.1, 0.15) is 15.9 Å². The lowest BCUT2D eigenvalue weighted by atomic mass is 10.1. The first-order valence-electron chi connectivity index (χ1n) is 6.44. The molecule has 0 aliphatic rings. The zero-order valence-corrected chi connectivity index (χ0v) is 11.3. The standard InChI is InChI=1S/C16H12FNO3/c1-10-8-11(6-7-12(10)17)14(19)9-18-13-4-2-3-5-15(13)21-16(18)20/h2-8H,9H2,1H3. The first kappa shape index (κ1) is 13.3. The zero-order valence-electron chi connectivity index (χ0n) is 11.3. The predicted octanol–water partition coefficient (Wildman–Crippen LogP) is 2.92. The molecule has 3 aromatic rings. The number of nitrogens with zero attached hydrogens (tertiary/aromatic N) is 1. The lowest BCUT2D eigenvalue weighted by molar-refractivity contribution is 0.0970. The van der Waals surface area contributed by atoms with E-state index in [2.05, 4.69) is 0 Å². The van der Waals surface area contributed by atoms with Crippen molar-refractivity contribution in [3.8, 4) is 0 Å². The Hall–Kier alpha value is -2.69. The van der Waals surface area contributed by atoms with Gasteiger partial charge in [0, 0.05) is 5.56 Å². The van der Waals surface area contributed by atoms with E-state index in [1.807, 2.05) is 0 Å². The highest BCUT2D eigenvalue weighted by Gasteiger charge is 2.14. The Labute approximate surface area is 119 Å². The Kier molecular flexibility index (Phi) is 3.17. The molecule has 0 amide bonds. The van der Waals surface area contributed by atoms with Gasteiger partial charge in [-0.05, 0) is 42.8 Å². The third kappa shape index (κ3) is 2.38. The monoisotopic (exact) mass is 285 g/mol. The Morgan fingerprint density at radius 2 is 2.00 bits per heavy atom. The van der Waals surface area contributed by atoms with Crippen LogP contribution in [0.25, 0.3) is 11.1 Å². The number of carbonyl (C=O) groups excluding carboxylic acids is 1. The van der Waals surface area contributed by atoms with Crippen molar-refractivity contribution < 1.29 is 13.6 Å². The second kappa shape index (κ2) is 5.01. The highest BCUT2D eigenvalue weighted by atomic mass is 19.1. The topological polar surface area (TPSA) is 52.2 Å². The molecule has 5 heteroatoms. The summed E-state index contributed by atoms with van der Waals surface area (Å²) in [5, 5.41) is 0. The van der Waals surface area contributed by atoms with E-state index in [0.29, 0.717) is 22.2 Å². The average Bonchev–Trinajstić information content (AvgIpc) is 2.78. The van der Waals surface area contributed by atoms with Gasteiger partial charge in [-0.25, -0.2) is 9.18 Å². The number of fused-ring (bicyclic) bond motifs is 1. The number of benzene rings is 2. The molecule has 0 atom stereocenters. The molecule has 3 rings (SSSR count). The third-order valence-corrected chi connectivity index (χ3v) is 3.36. The molecule has 0 unspecified atom stereocenters. The van der Waals surface area contributed by atoms with Gasteiger partial charge in [-0.1, -0.05) is 12.1 Å². The van der Waals surface area contributed by atoms with Crippen LogP contribution in [0.5, 0.6) is 0 Å². The summed E-state index contributed by atoms with van der Waals surface area (Å²) in [5.41, 5.74) is 1.76. The minimum Gasteiger partial charge on any atom is -0.408 e. The van der Waals surface area contributed by atoms with Crippen LogP contribution >= 0.6 is 0 Å². The number of carbonyl (C=O) groups is 1. The predicted molar refractivity (Wildman–Crippen MR) is 75.9 cm³/mol. The summed E-state index contributed by atoms with van der Waals surface area (Å²) in [5.74, 6) is -1.22. The summed E-state index contributed by atoms with van der Waals surface area (Å²) in [6, 6.07) is 11.0. The number of oxazole rings is 1. The fraction of sp³-hybridized carbons (Fsp3) is 0.125. The van der Waals surface area contributed by atoms with Crippen LogP contribution in [0.3, 0.4) is 0 Å². The van der Waals surface area contributed by atoms with Crippen molar-refractivity contribution >= 4 is 16.9 Å². The van der Waals surface area contributed by atoms with Gasteiger partial charge in [0.2, 0.25) is 0 Å². The molecular formula is C16H12FNO3. The molecule has 4 nitrogen and oxygen atoms in total. The maximum absolute atomic E-state index is 13.2. The minimum atomic E-state index is -0.580. The van der Waals surface area contributed by atoms with Gasteiger partial charge in [0.1, 0.15) is 5.82 Å². The van der Waals surface area contributed by atoms with Gasteiger partial charge < -0.3 is 4.42 Å². The number of aryl methyl sites for hydroxylation is 1. The number of para-hydroxylation sites is 2. The number of hydrogen-bond acceptors (Lipinski definition) is 3. The molecule has 0 saturated carbocycles. The normalized spacial score (nSPS) is 11.0. The molecule has 0 bridgehead atoms. The van der Waals surface area contributed by atoms with Gasteiger partial charge in [0.15, 0.2) is 11.4 Å². The molecule has 1 heterocycles. The second-order valence-corrected chi connectivity index (χ2v) is 4.81. The lowest BCUT2D eigenvalue weighted by Gasteiger charge is -2.04. The molecule has 0 N–H and O–H groups in total. The van der Waals surface area contributed by atoms with E-state index >= 15 is 0 Å². The van der Waals surface area contributed by atoms with E-state index in [9.17, 15) is 14.0 Å². The number of rotatable bonds is 3. The summed E-state index contributed by atoms with van der Waals surface area (Å²) >= 11 is 0. The smallest absolute Gasteiger partial charge is 0.408 e. The van der Waals surface area contributed by atoms with Gasteiger partial charge in [0.05, 0.1) is 12.1 Å². The first-order chi connectivity index (χ1) is 10.1. The Balaban J connectivity index is 1.98. The van der Waals surface area contributed by atoms with Gasteiger partial charge in [-0.15, -0.1) is 0 Å². The highest BCUT2D eigenvalue weighted by Crippen LogP contribution is 2.14. The summed E-state index contributed by atoms with van der Waals surface area (Å²) in [6.07, 6.45) is 0. The molecule has 1 aromatic heterocycles. The number of ketones is 1. The lowest BCUT2D eigenvalue weighted by Crippen LogP contribution is -2.20. The zero-order chi connectivity index (χ0) is 15.0. The minimum absolute atomic E-state index is 0.138. The maximum Gasteiger partial charge on any atom is 0.420 e. The molecular weight excluding hydrogens is 273 g/mol. The number of Topliss-reactive ketones (excluding diaryl/α,β-unsaturated/α-hetero) is 1. The van der Waals surface area contributed by atoms with Crippen molar-refractivity contribution in [2.45, 2.75) is 13.5 Å². The van der Waals surface area contributed by atoms with E-state index in [4.69, 9.17) is 4.42 Å². The van der Waals surface area contributed by atoms with Crippen LogP contribution < -0.4 is 5.76 Å². The average molecular weight is 285 g/mol.